The van der Waals surface area contributed by atoms with E-state index in [0.29, 0.717) is 11.3 Å². The van der Waals surface area contributed by atoms with Gasteiger partial charge < -0.3 is 14.8 Å². The molecule has 1 amide bonds. The predicted octanol–water partition coefficient (Wildman–Crippen LogP) is 3.24. The Labute approximate surface area is 132 Å². The van der Waals surface area contributed by atoms with Crippen molar-refractivity contribution in [3.63, 3.8) is 0 Å². The summed E-state index contributed by atoms with van der Waals surface area (Å²) < 4.78 is 18.6. The van der Waals surface area contributed by atoms with E-state index in [9.17, 15) is 14.3 Å². The van der Waals surface area contributed by atoms with E-state index in [2.05, 4.69) is 5.32 Å². The molecule has 0 aliphatic rings. The van der Waals surface area contributed by atoms with Crippen LogP contribution in [-0.2, 0) is 4.79 Å². The van der Waals surface area contributed by atoms with Gasteiger partial charge in [-0.1, -0.05) is 17.7 Å². The second-order valence-corrected chi connectivity index (χ2v) is 5.12. The summed E-state index contributed by atoms with van der Waals surface area (Å²) in [5, 5.41) is 12.4. The van der Waals surface area contributed by atoms with Gasteiger partial charge in [-0.25, -0.2) is 4.39 Å². The van der Waals surface area contributed by atoms with Gasteiger partial charge >= 0.3 is 0 Å². The SMILES string of the molecule is Cc1ccc(/C=C/C(=O)NCC(O)c2ccc(Cl)c(F)c2)o1. The topological polar surface area (TPSA) is 62.5 Å². The van der Waals surface area contributed by atoms with Crippen LogP contribution in [-0.4, -0.2) is 17.6 Å². The van der Waals surface area contributed by atoms with Crippen molar-refractivity contribution in [1.29, 1.82) is 0 Å². The number of aliphatic hydroxyl groups excluding tert-OH is 1. The third-order valence-corrected chi connectivity index (χ3v) is 3.26. The minimum atomic E-state index is -1.02. The molecule has 4 nitrogen and oxygen atoms in total. The third kappa shape index (κ3) is 4.44. The van der Waals surface area contributed by atoms with E-state index in [-0.39, 0.29) is 17.5 Å². The van der Waals surface area contributed by atoms with Crippen LogP contribution in [0.2, 0.25) is 5.02 Å². The van der Waals surface area contributed by atoms with Gasteiger partial charge in [0, 0.05) is 12.6 Å². The van der Waals surface area contributed by atoms with Crippen molar-refractivity contribution >= 4 is 23.6 Å². The number of benzene rings is 1. The Kier molecular flexibility index (Phi) is 5.35. The molecule has 0 bridgehead atoms. The minimum Gasteiger partial charge on any atom is -0.462 e. The maximum Gasteiger partial charge on any atom is 0.244 e. The maximum absolute atomic E-state index is 13.3. The number of rotatable bonds is 5. The molecule has 2 N–H and O–H groups in total. The Balaban J connectivity index is 1.87. The standard InChI is InChI=1S/C16H15ClFNO3/c1-10-2-4-12(22-10)5-7-16(21)19-9-15(20)11-3-6-13(17)14(18)8-11/h2-8,15,20H,9H2,1H3,(H,19,21)/b7-5+. The number of hydrogen-bond donors (Lipinski definition) is 2. The average molecular weight is 324 g/mol. The first-order chi connectivity index (χ1) is 10.5. The van der Waals surface area contributed by atoms with E-state index < -0.39 is 11.9 Å². The van der Waals surface area contributed by atoms with Gasteiger partial charge in [-0.2, -0.15) is 0 Å². The Bertz CT molecular complexity index is 696. The summed E-state index contributed by atoms with van der Waals surface area (Å²) in [5.74, 6) is 0.313. The lowest BCUT2D eigenvalue weighted by molar-refractivity contribution is -0.116. The van der Waals surface area contributed by atoms with Crippen molar-refractivity contribution in [2.45, 2.75) is 13.0 Å². The van der Waals surface area contributed by atoms with Crippen molar-refractivity contribution in [2.24, 2.45) is 0 Å². The van der Waals surface area contributed by atoms with Crippen LogP contribution in [0, 0.1) is 12.7 Å². The molecule has 1 heterocycles. The first-order valence-corrected chi connectivity index (χ1v) is 6.99. The van der Waals surface area contributed by atoms with Crippen molar-refractivity contribution < 1.29 is 18.7 Å². The normalized spacial score (nSPS) is 12.5. The molecular weight excluding hydrogens is 309 g/mol. The number of halogens is 2. The van der Waals surface area contributed by atoms with Crippen LogP contribution in [0.5, 0.6) is 0 Å². The molecule has 1 aromatic heterocycles. The fourth-order valence-corrected chi connectivity index (χ4v) is 1.91. The second-order valence-electron chi connectivity index (χ2n) is 4.72. The van der Waals surface area contributed by atoms with E-state index >= 15 is 0 Å². The molecule has 0 aliphatic heterocycles. The Morgan fingerprint density at radius 1 is 1.45 bits per heavy atom. The molecule has 0 aliphatic carbocycles. The molecule has 0 fully saturated rings. The highest BCUT2D eigenvalue weighted by Gasteiger charge is 2.11. The average Bonchev–Trinajstić information content (AvgIpc) is 2.91. The zero-order chi connectivity index (χ0) is 16.1. The molecule has 6 heteroatoms. The fraction of sp³-hybridized carbons (Fsp3) is 0.188. The molecule has 2 rings (SSSR count). The fourth-order valence-electron chi connectivity index (χ4n) is 1.79. The maximum atomic E-state index is 13.3. The van der Waals surface area contributed by atoms with Crippen LogP contribution in [0.3, 0.4) is 0 Å². The molecule has 22 heavy (non-hydrogen) atoms. The molecule has 116 valence electrons. The Morgan fingerprint density at radius 3 is 2.86 bits per heavy atom. The molecule has 0 radical (unpaired) electrons. The van der Waals surface area contributed by atoms with Crippen LogP contribution in [0.1, 0.15) is 23.2 Å². The minimum absolute atomic E-state index is 0.0170. The van der Waals surface area contributed by atoms with Gasteiger partial charge in [-0.15, -0.1) is 0 Å². The second kappa shape index (κ2) is 7.24. The highest BCUT2D eigenvalue weighted by Crippen LogP contribution is 2.19. The molecule has 0 saturated heterocycles. The van der Waals surface area contributed by atoms with Gasteiger partial charge in [0.1, 0.15) is 17.3 Å². The smallest absolute Gasteiger partial charge is 0.244 e. The van der Waals surface area contributed by atoms with Crippen molar-refractivity contribution in [1.82, 2.24) is 5.32 Å². The quantitative estimate of drug-likeness (QED) is 0.830. The predicted molar refractivity (Wildman–Crippen MR) is 81.9 cm³/mol. The van der Waals surface area contributed by atoms with E-state index in [1.54, 1.807) is 19.1 Å². The number of hydrogen-bond acceptors (Lipinski definition) is 3. The van der Waals surface area contributed by atoms with Crippen LogP contribution < -0.4 is 5.32 Å². The van der Waals surface area contributed by atoms with Crippen LogP contribution in [0.25, 0.3) is 6.08 Å². The summed E-state index contributed by atoms with van der Waals surface area (Å²) in [5.41, 5.74) is 0.341. The molecule has 1 unspecified atom stereocenters. The number of amides is 1. The lowest BCUT2D eigenvalue weighted by atomic mass is 10.1. The number of nitrogens with one attached hydrogen (secondary N) is 1. The monoisotopic (exact) mass is 323 g/mol. The van der Waals surface area contributed by atoms with Crippen molar-refractivity contribution in [3.8, 4) is 0 Å². The van der Waals surface area contributed by atoms with Crippen molar-refractivity contribution in [2.75, 3.05) is 6.54 Å². The number of carbonyl (C=O) groups is 1. The van der Waals surface area contributed by atoms with Gasteiger partial charge in [0.15, 0.2) is 0 Å². The van der Waals surface area contributed by atoms with Gasteiger partial charge in [-0.05, 0) is 42.8 Å². The molecule has 1 aromatic carbocycles. The number of carbonyl (C=O) groups excluding carboxylic acids is 1. The number of aryl methyl sites for hydroxylation is 1. The third-order valence-electron chi connectivity index (χ3n) is 2.96. The highest BCUT2D eigenvalue weighted by atomic mass is 35.5. The number of furan rings is 1. The molecule has 0 saturated carbocycles. The molecule has 1 atom stereocenters. The van der Waals surface area contributed by atoms with E-state index in [0.717, 1.165) is 11.8 Å². The highest BCUT2D eigenvalue weighted by molar-refractivity contribution is 6.30. The lowest BCUT2D eigenvalue weighted by Gasteiger charge is -2.11. The molecule has 0 spiro atoms. The van der Waals surface area contributed by atoms with Crippen molar-refractivity contribution in [3.05, 3.63) is 64.3 Å². The Hall–Kier alpha value is -2.11. The largest absolute Gasteiger partial charge is 0.462 e. The van der Waals surface area contributed by atoms with Crippen LogP contribution in [0.4, 0.5) is 4.39 Å². The first kappa shape index (κ1) is 16.3. The molecular formula is C16H15ClFNO3. The zero-order valence-corrected chi connectivity index (χ0v) is 12.6. The van der Waals surface area contributed by atoms with Crippen LogP contribution >= 0.6 is 11.6 Å². The zero-order valence-electron chi connectivity index (χ0n) is 11.8. The van der Waals surface area contributed by atoms with Gasteiger partial charge in [0.05, 0.1) is 11.1 Å². The number of aliphatic hydroxyl groups is 1. The molecule has 2 aromatic rings. The van der Waals surface area contributed by atoms with E-state index in [1.807, 2.05) is 0 Å². The van der Waals surface area contributed by atoms with Gasteiger partial charge in [0.25, 0.3) is 0 Å². The first-order valence-electron chi connectivity index (χ1n) is 6.61. The summed E-state index contributed by atoms with van der Waals surface area (Å²) in [6.07, 6.45) is 1.80. The summed E-state index contributed by atoms with van der Waals surface area (Å²) in [4.78, 5) is 11.6. The summed E-state index contributed by atoms with van der Waals surface area (Å²) in [7, 11) is 0. The summed E-state index contributed by atoms with van der Waals surface area (Å²) >= 11 is 5.57. The summed E-state index contributed by atoms with van der Waals surface area (Å²) in [6.45, 7) is 1.76. The van der Waals surface area contributed by atoms with E-state index in [1.165, 1.54) is 24.3 Å². The summed E-state index contributed by atoms with van der Waals surface area (Å²) in [6, 6.07) is 7.53. The lowest BCUT2D eigenvalue weighted by Crippen LogP contribution is -2.26. The van der Waals surface area contributed by atoms with E-state index in [4.69, 9.17) is 16.0 Å². The van der Waals surface area contributed by atoms with Gasteiger partial charge in [-0.3, -0.25) is 4.79 Å². The van der Waals surface area contributed by atoms with Crippen LogP contribution in [0.15, 0.2) is 40.8 Å². The van der Waals surface area contributed by atoms with Gasteiger partial charge in [0.2, 0.25) is 5.91 Å². The Morgan fingerprint density at radius 2 is 2.23 bits per heavy atom.